The second-order valence-electron chi connectivity index (χ2n) is 3.91. The molecule has 2 heteroatoms. The van der Waals surface area contributed by atoms with E-state index >= 15 is 0 Å². The highest BCUT2D eigenvalue weighted by Gasteiger charge is 2.13. The molecule has 0 aliphatic heterocycles. The lowest BCUT2D eigenvalue weighted by Gasteiger charge is -2.10. The maximum atomic E-state index is 11.1. The Kier molecular flexibility index (Phi) is 3.68. The highest BCUT2D eigenvalue weighted by atomic mass is 16.1. The molecule has 1 unspecified atom stereocenters. The van der Waals surface area contributed by atoms with Gasteiger partial charge in [-0.1, -0.05) is 54.6 Å². The fourth-order valence-corrected chi connectivity index (χ4v) is 1.82. The summed E-state index contributed by atoms with van der Waals surface area (Å²) in [4.78, 5) is 11.1. The van der Waals surface area contributed by atoms with Gasteiger partial charge in [-0.05, 0) is 16.7 Å². The molecule has 2 aromatic carbocycles. The number of benzene rings is 2. The molecular weight excluding hydrogens is 210 g/mol. The van der Waals surface area contributed by atoms with E-state index < -0.39 is 0 Å². The molecule has 1 radical (unpaired) electrons. The lowest BCUT2D eigenvalue weighted by molar-refractivity contribution is 0.549. The van der Waals surface area contributed by atoms with E-state index in [-0.39, 0.29) is 5.92 Å². The van der Waals surface area contributed by atoms with Gasteiger partial charge in [-0.3, -0.25) is 4.79 Å². The monoisotopic (exact) mass is 224 g/mol. The summed E-state index contributed by atoms with van der Waals surface area (Å²) in [5.41, 5.74) is 8.51. The van der Waals surface area contributed by atoms with E-state index in [4.69, 9.17) is 5.73 Å². The largest absolute Gasteiger partial charge is 0.326 e. The van der Waals surface area contributed by atoms with Crippen LogP contribution in [0.5, 0.6) is 0 Å². The topological polar surface area (TPSA) is 43.1 Å². The Morgan fingerprint density at radius 1 is 0.941 bits per heavy atom. The van der Waals surface area contributed by atoms with Crippen molar-refractivity contribution >= 4 is 6.29 Å². The predicted molar refractivity (Wildman–Crippen MR) is 68.3 cm³/mol. The molecule has 0 aliphatic rings. The Morgan fingerprint density at radius 2 is 1.53 bits per heavy atom. The zero-order valence-electron chi connectivity index (χ0n) is 9.47. The summed E-state index contributed by atoms with van der Waals surface area (Å²) in [5, 5.41) is 0. The first-order valence-electron chi connectivity index (χ1n) is 5.56. The van der Waals surface area contributed by atoms with Crippen LogP contribution in [0.1, 0.15) is 22.6 Å². The third-order valence-electron chi connectivity index (χ3n) is 2.80. The van der Waals surface area contributed by atoms with Crippen LogP contribution in [0, 0.1) is 0 Å². The zero-order valence-corrected chi connectivity index (χ0v) is 9.47. The highest BCUT2D eigenvalue weighted by molar-refractivity contribution is 5.68. The van der Waals surface area contributed by atoms with Crippen molar-refractivity contribution in [3.05, 3.63) is 71.3 Å². The number of hydrogen-bond donors (Lipinski definition) is 1. The van der Waals surface area contributed by atoms with Crippen LogP contribution in [0.25, 0.3) is 0 Å². The summed E-state index contributed by atoms with van der Waals surface area (Å²) >= 11 is 0. The number of hydrogen-bond acceptors (Lipinski definition) is 2. The van der Waals surface area contributed by atoms with Crippen molar-refractivity contribution in [1.29, 1.82) is 0 Å². The molecule has 2 aromatic rings. The molecular formula is C15H14NO. The van der Waals surface area contributed by atoms with Crippen LogP contribution in [0.3, 0.4) is 0 Å². The maximum absolute atomic E-state index is 11.1. The molecule has 0 aliphatic carbocycles. The summed E-state index contributed by atoms with van der Waals surface area (Å²) in [5.74, 6) is -0.317. The normalized spacial score (nSPS) is 12.1. The van der Waals surface area contributed by atoms with Gasteiger partial charge >= 0.3 is 0 Å². The van der Waals surface area contributed by atoms with Crippen LogP contribution >= 0.6 is 0 Å². The molecule has 0 spiro atoms. The molecule has 17 heavy (non-hydrogen) atoms. The third-order valence-corrected chi connectivity index (χ3v) is 2.80. The van der Waals surface area contributed by atoms with Crippen molar-refractivity contribution in [3.63, 3.8) is 0 Å². The second kappa shape index (κ2) is 5.41. The van der Waals surface area contributed by atoms with Crippen molar-refractivity contribution in [2.45, 2.75) is 12.5 Å². The first-order valence-corrected chi connectivity index (χ1v) is 5.56. The van der Waals surface area contributed by atoms with E-state index in [1.165, 1.54) is 0 Å². The van der Waals surface area contributed by atoms with Gasteiger partial charge in [-0.15, -0.1) is 0 Å². The van der Waals surface area contributed by atoms with Crippen LogP contribution in [-0.2, 0) is 11.3 Å². The molecule has 0 fully saturated rings. The van der Waals surface area contributed by atoms with Gasteiger partial charge in [-0.25, -0.2) is 0 Å². The fraction of sp³-hybridized carbons (Fsp3) is 0.133. The van der Waals surface area contributed by atoms with E-state index in [2.05, 4.69) is 6.29 Å². The van der Waals surface area contributed by atoms with Crippen LogP contribution in [0.15, 0.2) is 54.6 Å². The Labute approximate surface area is 101 Å². The Hall–Kier alpha value is -1.93. The molecule has 0 saturated heterocycles. The van der Waals surface area contributed by atoms with Gasteiger partial charge in [0.25, 0.3) is 0 Å². The van der Waals surface area contributed by atoms with Crippen LogP contribution in [0.2, 0.25) is 0 Å². The zero-order chi connectivity index (χ0) is 12.1. The van der Waals surface area contributed by atoms with Gasteiger partial charge < -0.3 is 5.73 Å². The molecule has 1 atom stereocenters. The lowest BCUT2D eigenvalue weighted by Crippen LogP contribution is -2.03. The van der Waals surface area contributed by atoms with Gasteiger partial charge in [-0.2, -0.15) is 0 Å². The Morgan fingerprint density at radius 3 is 2.06 bits per heavy atom. The van der Waals surface area contributed by atoms with Gasteiger partial charge in [0.2, 0.25) is 6.29 Å². The summed E-state index contributed by atoms with van der Waals surface area (Å²) in [7, 11) is 0. The average molecular weight is 224 g/mol. The number of rotatable bonds is 4. The summed E-state index contributed by atoms with van der Waals surface area (Å²) < 4.78 is 0. The standard InChI is InChI=1S/C15H14NO/c16-10-12-6-8-14(9-7-12)15(11-17)13-4-2-1-3-5-13/h1-9,15H,10,16H2. The molecule has 0 aromatic heterocycles. The Balaban J connectivity index is 2.32. The molecule has 2 rings (SSSR count). The van der Waals surface area contributed by atoms with Gasteiger partial charge in [0, 0.05) is 6.54 Å². The minimum Gasteiger partial charge on any atom is -0.326 e. The summed E-state index contributed by atoms with van der Waals surface area (Å²) in [6, 6.07) is 17.4. The molecule has 0 heterocycles. The molecule has 85 valence electrons. The Bertz CT molecular complexity index is 476. The predicted octanol–water partition coefficient (Wildman–Crippen LogP) is 2.39. The van der Waals surface area contributed by atoms with Crippen LogP contribution < -0.4 is 5.73 Å². The van der Waals surface area contributed by atoms with E-state index in [9.17, 15) is 4.79 Å². The van der Waals surface area contributed by atoms with Gasteiger partial charge in [0.05, 0.1) is 5.92 Å². The van der Waals surface area contributed by atoms with Crippen molar-refractivity contribution in [3.8, 4) is 0 Å². The quantitative estimate of drug-likeness (QED) is 0.866. The maximum Gasteiger partial charge on any atom is 0.211 e. The van der Waals surface area contributed by atoms with Gasteiger partial charge in [0.15, 0.2) is 0 Å². The molecule has 0 saturated carbocycles. The molecule has 0 bridgehead atoms. The van der Waals surface area contributed by atoms with Crippen LogP contribution in [0.4, 0.5) is 0 Å². The number of nitrogens with two attached hydrogens (primary N) is 1. The van der Waals surface area contributed by atoms with Crippen molar-refractivity contribution < 1.29 is 4.79 Å². The van der Waals surface area contributed by atoms with Crippen molar-refractivity contribution in [1.82, 2.24) is 0 Å². The SMILES string of the molecule is NCc1ccc(C([C]=O)c2ccccc2)cc1. The average Bonchev–Trinajstić information content (AvgIpc) is 2.42. The minimum absolute atomic E-state index is 0.317. The molecule has 0 amide bonds. The van der Waals surface area contributed by atoms with E-state index in [0.717, 1.165) is 16.7 Å². The minimum atomic E-state index is -0.317. The fourth-order valence-electron chi connectivity index (χ4n) is 1.82. The van der Waals surface area contributed by atoms with Crippen LogP contribution in [-0.4, -0.2) is 6.29 Å². The number of carbonyl (C=O) groups excluding carboxylic acids is 1. The smallest absolute Gasteiger partial charge is 0.211 e. The molecule has 2 N–H and O–H groups in total. The van der Waals surface area contributed by atoms with E-state index in [1.807, 2.05) is 54.6 Å². The summed E-state index contributed by atoms with van der Waals surface area (Å²) in [6.07, 6.45) is 2.09. The highest BCUT2D eigenvalue weighted by Crippen LogP contribution is 2.22. The summed E-state index contributed by atoms with van der Waals surface area (Å²) in [6.45, 7) is 0.515. The van der Waals surface area contributed by atoms with Gasteiger partial charge in [0.1, 0.15) is 0 Å². The first kappa shape index (κ1) is 11.6. The third kappa shape index (κ3) is 2.60. The van der Waals surface area contributed by atoms with Crippen molar-refractivity contribution in [2.24, 2.45) is 5.73 Å². The second-order valence-corrected chi connectivity index (χ2v) is 3.91. The first-order chi connectivity index (χ1) is 8.35. The molecule has 2 nitrogen and oxygen atoms in total. The lowest BCUT2D eigenvalue weighted by atomic mass is 9.92. The van der Waals surface area contributed by atoms with E-state index in [0.29, 0.717) is 6.54 Å². The van der Waals surface area contributed by atoms with E-state index in [1.54, 1.807) is 0 Å². The van der Waals surface area contributed by atoms with Crippen molar-refractivity contribution in [2.75, 3.05) is 0 Å².